The highest BCUT2D eigenvalue weighted by Crippen LogP contribution is 2.02. The molecule has 0 aromatic rings. The lowest BCUT2D eigenvalue weighted by Crippen LogP contribution is -2.48. The Hall–Kier alpha value is -0.680. The van der Waals surface area contributed by atoms with Crippen LogP contribution in [0, 0.1) is 5.92 Å². The number of hydrogen-bond acceptors (Lipinski definition) is 4. The second-order valence-electron chi connectivity index (χ2n) is 4.08. The van der Waals surface area contributed by atoms with Crippen LogP contribution in [-0.4, -0.2) is 30.2 Å². The van der Waals surface area contributed by atoms with Gasteiger partial charge in [-0.2, -0.15) is 0 Å². The van der Waals surface area contributed by atoms with Gasteiger partial charge in [0.2, 0.25) is 0 Å². The summed E-state index contributed by atoms with van der Waals surface area (Å²) in [6, 6.07) is 0. The summed E-state index contributed by atoms with van der Waals surface area (Å²) in [4.78, 5) is 10.2. The van der Waals surface area contributed by atoms with Crippen LogP contribution in [0.1, 0.15) is 20.8 Å². The van der Waals surface area contributed by atoms with E-state index in [0.29, 0.717) is 17.4 Å². The molecule has 1 saturated heterocycles. The van der Waals surface area contributed by atoms with E-state index in [1.807, 2.05) is 20.8 Å². The maximum atomic E-state index is 9.60. The predicted octanol–water partition coefficient (Wildman–Crippen LogP) is 0.450. The number of nitrogens with two attached hydrogens (primary N) is 1. The van der Waals surface area contributed by atoms with Crippen molar-refractivity contribution in [2.75, 3.05) is 13.1 Å². The molecule has 5 heteroatoms. The quantitative estimate of drug-likeness (QED) is 0.520. The van der Waals surface area contributed by atoms with Crippen molar-refractivity contribution in [3.63, 3.8) is 0 Å². The smallest absolute Gasteiger partial charge is 0.293 e. The number of rotatable bonds is 2. The lowest BCUT2D eigenvalue weighted by molar-refractivity contribution is -0.138. The maximum Gasteiger partial charge on any atom is 0.293 e. The number of thiocarbonyl (C=S) groups is 1. The van der Waals surface area contributed by atoms with Crippen LogP contribution in [-0.2, 0) is 9.53 Å². The van der Waals surface area contributed by atoms with E-state index in [1.54, 1.807) is 0 Å². The van der Waals surface area contributed by atoms with E-state index in [-0.39, 0.29) is 5.60 Å². The minimum absolute atomic E-state index is 0.318. The van der Waals surface area contributed by atoms with Crippen LogP contribution in [0.3, 0.4) is 0 Å². The van der Waals surface area contributed by atoms with E-state index < -0.39 is 0 Å². The maximum absolute atomic E-state index is 9.60. The zero-order chi connectivity index (χ0) is 11.2. The Morgan fingerprint density at radius 1 is 1.57 bits per heavy atom. The van der Waals surface area contributed by atoms with Gasteiger partial charge in [0.1, 0.15) is 5.60 Å². The standard InChI is InChI=1S/C5H10O2.C4H8N2S/c1-5(2,3)7-4-6;5-4(7)3-1-6-2-3/h4H,1-3H3;3,6H,1-2H2,(H2,5,7). The second kappa shape index (κ2) is 5.93. The number of carbonyl (C=O) groups is 1. The van der Waals surface area contributed by atoms with E-state index in [9.17, 15) is 4.79 Å². The zero-order valence-corrected chi connectivity index (χ0v) is 9.69. The third-order valence-electron chi connectivity index (χ3n) is 1.59. The fraction of sp³-hybridized carbons (Fsp3) is 0.778. The molecule has 1 aliphatic heterocycles. The molecule has 0 bridgehead atoms. The number of ether oxygens (including phenoxy) is 1. The van der Waals surface area contributed by atoms with Crippen molar-refractivity contribution < 1.29 is 9.53 Å². The number of nitrogens with one attached hydrogen (secondary N) is 1. The van der Waals surface area contributed by atoms with Gasteiger partial charge < -0.3 is 15.8 Å². The van der Waals surface area contributed by atoms with Crippen LogP contribution in [0.25, 0.3) is 0 Å². The van der Waals surface area contributed by atoms with E-state index in [1.165, 1.54) is 0 Å². The summed E-state index contributed by atoms with van der Waals surface area (Å²) in [6.45, 7) is 7.88. The monoisotopic (exact) mass is 218 g/mol. The summed E-state index contributed by atoms with van der Waals surface area (Å²) in [5.41, 5.74) is 4.97. The van der Waals surface area contributed by atoms with Gasteiger partial charge in [-0.1, -0.05) is 12.2 Å². The molecule has 0 aromatic carbocycles. The molecule has 0 spiro atoms. The third-order valence-corrected chi connectivity index (χ3v) is 1.92. The molecule has 0 amide bonds. The van der Waals surface area contributed by atoms with E-state index in [0.717, 1.165) is 13.1 Å². The molecule has 14 heavy (non-hydrogen) atoms. The molecule has 1 aliphatic rings. The van der Waals surface area contributed by atoms with Crippen LogP contribution in [0.4, 0.5) is 0 Å². The van der Waals surface area contributed by atoms with Crippen molar-refractivity contribution in [3.8, 4) is 0 Å². The summed E-state index contributed by atoms with van der Waals surface area (Å²) >= 11 is 4.71. The molecule has 82 valence electrons. The Balaban J connectivity index is 0.000000241. The molecule has 0 unspecified atom stereocenters. The van der Waals surface area contributed by atoms with Gasteiger partial charge in [-0.3, -0.25) is 4.79 Å². The predicted molar refractivity (Wildman–Crippen MR) is 60.0 cm³/mol. The molecule has 0 aromatic heterocycles. The molecule has 0 saturated carbocycles. The molecule has 0 aliphatic carbocycles. The van der Waals surface area contributed by atoms with Crippen molar-refractivity contribution in [1.29, 1.82) is 0 Å². The summed E-state index contributed by atoms with van der Waals surface area (Å²) in [7, 11) is 0. The Morgan fingerprint density at radius 2 is 2.07 bits per heavy atom. The molecule has 1 fully saturated rings. The summed E-state index contributed by atoms with van der Waals surface area (Å²) in [5.74, 6) is 0.481. The van der Waals surface area contributed by atoms with Crippen molar-refractivity contribution in [3.05, 3.63) is 0 Å². The van der Waals surface area contributed by atoms with Gasteiger partial charge >= 0.3 is 0 Å². The summed E-state index contributed by atoms with van der Waals surface area (Å²) in [6.07, 6.45) is 0. The van der Waals surface area contributed by atoms with Crippen LogP contribution in [0.2, 0.25) is 0 Å². The normalized spacial score (nSPS) is 15.9. The van der Waals surface area contributed by atoms with Crippen LogP contribution in [0.5, 0.6) is 0 Å². The second-order valence-corrected chi connectivity index (χ2v) is 4.56. The average molecular weight is 218 g/mol. The van der Waals surface area contributed by atoms with Crippen molar-refractivity contribution in [1.82, 2.24) is 5.32 Å². The van der Waals surface area contributed by atoms with Crippen molar-refractivity contribution in [2.24, 2.45) is 11.7 Å². The topological polar surface area (TPSA) is 64.3 Å². The Kier molecular flexibility index (Phi) is 5.64. The first kappa shape index (κ1) is 13.3. The number of hydrogen-bond donors (Lipinski definition) is 2. The lowest BCUT2D eigenvalue weighted by atomic mass is 10.0. The molecule has 4 nitrogen and oxygen atoms in total. The fourth-order valence-corrected chi connectivity index (χ4v) is 0.801. The van der Waals surface area contributed by atoms with Gasteiger partial charge in [0.05, 0.1) is 4.99 Å². The third kappa shape index (κ3) is 6.80. The van der Waals surface area contributed by atoms with Gasteiger partial charge in [0.25, 0.3) is 6.47 Å². The Bertz CT molecular complexity index is 197. The molecule has 1 heterocycles. The molecule has 1 rings (SSSR count). The summed E-state index contributed by atoms with van der Waals surface area (Å²) < 4.78 is 4.55. The largest absolute Gasteiger partial charge is 0.462 e. The molecule has 0 atom stereocenters. The lowest BCUT2D eigenvalue weighted by Gasteiger charge is -2.25. The van der Waals surface area contributed by atoms with E-state index in [2.05, 4.69) is 10.1 Å². The number of carbonyl (C=O) groups excluding carboxylic acids is 1. The van der Waals surface area contributed by atoms with Crippen LogP contribution >= 0.6 is 12.2 Å². The van der Waals surface area contributed by atoms with Gasteiger partial charge in [-0.15, -0.1) is 0 Å². The minimum Gasteiger partial charge on any atom is -0.462 e. The first-order valence-corrected chi connectivity index (χ1v) is 4.89. The van der Waals surface area contributed by atoms with Crippen molar-refractivity contribution in [2.45, 2.75) is 26.4 Å². The van der Waals surface area contributed by atoms with Gasteiger partial charge in [0, 0.05) is 19.0 Å². The molecule has 0 radical (unpaired) electrons. The average Bonchev–Trinajstić information content (AvgIpc) is 1.78. The highest BCUT2D eigenvalue weighted by molar-refractivity contribution is 7.80. The Morgan fingerprint density at radius 3 is 2.07 bits per heavy atom. The highest BCUT2D eigenvalue weighted by atomic mass is 32.1. The zero-order valence-electron chi connectivity index (χ0n) is 8.87. The van der Waals surface area contributed by atoms with E-state index >= 15 is 0 Å². The molecule has 3 N–H and O–H groups in total. The SMILES string of the molecule is CC(C)(C)OC=O.NC(=S)C1CNC1. The van der Waals surface area contributed by atoms with Crippen molar-refractivity contribution >= 4 is 23.7 Å². The highest BCUT2D eigenvalue weighted by Gasteiger charge is 2.18. The minimum atomic E-state index is -0.318. The summed E-state index contributed by atoms with van der Waals surface area (Å²) in [5, 5.41) is 3.08. The molecular formula is C9H18N2O2S. The van der Waals surface area contributed by atoms with Crippen LogP contribution < -0.4 is 11.1 Å². The Labute approximate surface area is 90.2 Å². The first-order chi connectivity index (χ1) is 6.37. The fourth-order valence-electron chi connectivity index (χ4n) is 0.634. The van der Waals surface area contributed by atoms with Crippen LogP contribution in [0.15, 0.2) is 0 Å². The molecular weight excluding hydrogens is 200 g/mol. The first-order valence-electron chi connectivity index (χ1n) is 4.48. The van der Waals surface area contributed by atoms with Gasteiger partial charge in [0.15, 0.2) is 0 Å². The van der Waals surface area contributed by atoms with Gasteiger partial charge in [-0.25, -0.2) is 0 Å². The van der Waals surface area contributed by atoms with E-state index in [4.69, 9.17) is 18.0 Å². The van der Waals surface area contributed by atoms with Gasteiger partial charge in [-0.05, 0) is 20.8 Å².